The van der Waals surface area contributed by atoms with Crippen LogP contribution in [0.2, 0.25) is 0 Å². The monoisotopic (exact) mass is 258 g/mol. The van der Waals surface area contributed by atoms with E-state index in [0.29, 0.717) is 11.5 Å². The van der Waals surface area contributed by atoms with Crippen molar-refractivity contribution in [3.8, 4) is 5.75 Å². The van der Waals surface area contributed by atoms with Crippen LogP contribution in [0.15, 0.2) is 52.2 Å². The molecule has 0 bridgehead atoms. The zero-order valence-electron chi connectivity index (χ0n) is 10.5. The van der Waals surface area contributed by atoms with Gasteiger partial charge in [-0.2, -0.15) is 5.10 Å². The lowest BCUT2D eigenvalue weighted by Crippen LogP contribution is -2.24. The zero-order chi connectivity index (χ0) is 13.5. The summed E-state index contributed by atoms with van der Waals surface area (Å²) >= 11 is 0. The first-order chi connectivity index (χ1) is 9.25. The summed E-state index contributed by atoms with van der Waals surface area (Å²) in [4.78, 5) is 11.5. The summed E-state index contributed by atoms with van der Waals surface area (Å²) in [5.74, 6) is 0.929. The van der Waals surface area contributed by atoms with E-state index < -0.39 is 0 Å². The van der Waals surface area contributed by atoms with Crippen molar-refractivity contribution >= 4 is 12.1 Å². The Morgan fingerprint density at radius 1 is 1.37 bits per heavy atom. The highest BCUT2D eigenvalue weighted by Gasteiger charge is 2.03. The van der Waals surface area contributed by atoms with Crippen LogP contribution in [0.1, 0.15) is 11.3 Å². The number of rotatable bonds is 5. The minimum Gasteiger partial charge on any atom is -0.483 e. The van der Waals surface area contributed by atoms with Crippen molar-refractivity contribution in [1.29, 1.82) is 0 Å². The quantitative estimate of drug-likeness (QED) is 0.660. The van der Waals surface area contributed by atoms with Gasteiger partial charge in [0.15, 0.2) is 6.61 Å². The van der Waals surface area contributed by atoms with Crippen LogP contribution < -0.4 is 10.2 Å². The fourth-order valence-corrected chi connectivity index (χ4v) is 1.43. The Kier molecular flexibility index (Phi) is 4.34. The van der Waals surface area contributed by atoms with Crippen LogP contribution in [-0.4, -0.2) is 18.7 Å². The number of carbonyl (C=O) groups is 1. The second-order valence-electron chi connectivity index (χ2n) is 3.86. The average Bonchev–Trinajstić information content (AvgIpc) is 2.91. The van der Waals surface area contributed by atoms with E-state index in [1.54, 1.807) is 12.1 Å². The number of furan rings is 1. The number of hydrazone groups is 1. The lowest BCUT2D eigenvalue weighted by molar-refractivity contribution is -0.123. The van der Waals surface area contributed by atoms with E-state index in [-0.39, 0.29) is 12.5 Å². The van der Waals surface area contributed by atoms with Crippen LogP contribution in [0.25, 0.3) is 0 Å². The van der Waals surface area contributed by atoms with Crippen LogP contribution in [-0.2, 0) is 4.79 Å². The minimum atomic E-state index is -0.328. The first kappa shape index (κ1) is 12.9. The maximum atomic E-state index is 11.5. The zero-order valence-corrected chi connectivity index (χ0v) is 10.5. The third-order valence-corrected chi connectivity index (χ3v) is 2.38. The molecule has 2 aromatic rings. The molecule has 1 heterocycles. The summed E-state index contributed by atoms with van der Waals surface area (Å²) in [6.07, 6.45) is 2.95. The van der Waals surface area contributed by atoms with Gasteiger partial charge in [0, 0.05) is 0 Å². The molecule has 1 amide bonds. The summed E-state index contributed by atoms with van der Waals surface area (Å²) in [5, 5.41) is 3.75. The molecular formula is C14H14N2O3. The smallest absolute Gasteiger partial charge is 0.277 e. The maximum Gasteiger partial charge on any atom is 0.277 e. The van der Waals surface area contributed by atoms with E-state index in [9.17, 15) is 4.79 Å². The highest BCUT2D eigenvalue weighted by molar-refractivity contribution is 5.81. The first-order valence-corrected chi connectivity index (χ1v) is 5.79. The molecule has 1 aromatic heterocycles. The molecule has 19 heavy (non-hydrogen) atoms. The van der Waals surface area contributed by atoms with Crippen LogP contribution in [0.5, 0.6) is 5.75 Å². The Morgan fingerprint density at radius 2 is 2.21 bits per heavy atom. The second kappa shape index (κ2) is 6.39. The van der Waals surface area contributed by atoms with Crippen LogP contribution in [0.3, 0.4) is 0 Å². The number of amides is 1. The summed E-state index contributed by atoms with van der Waals surface area (Å²) < 4.78 is 10.4. The molecule has 0 aliphatic carbocycles. The number of ether oxygens (including phenoxy) is 1. The molecule has 0 spiro atoms. The number of nitrogens with one attached hydrogen (secondary N) is 1. The number of hydrogen-bond acceptors (Lipinski definition) is 4. The van der Waals surface area contributed by atoms with Crippen LogP contribution in [0.4, 0.5) is 0 Å². The van der Waals surface area contributed by atoms with Crippen LogP contribution >= 0.6 is 0 Å². The lowest BCUT2D eigenvalue weighted by Gasteiger charge is -2.07. The predicted molar refractivity (Wildman–Crippen MR) is 71.1 cm³/mol. The van der Waals surface area contributed by atoms with Gasteiger partial charge in [-0.15, -0.1) is 0 Å². The van der Waals surface area contributed by atoms with E-state index in [4.69, 9.17) is 9.15 Å². The summed E-state index contributed by atoms with van der Waals surface area (Å²) in [6, 6.07) is 11.0. The van der Waals surface area contributed by atoms with Gasteiger partial charge in [-0.1, -0.05) is 18.2 Å². The van der Waals surface area contributed by atoms with Gasteiger partial charge < -0.3 is 9.15 Å². The molecule has 0 saturated carbocycles. The molecule has 1 N–H and O–H groups in total. The van der Waals surface area contributed by atoms with Gasteiger partial charge in [-0.05, 0) is 30.7 Å². The van der Waals surface area contributed by atoms with Gasteiger partial charge >= 0.3 is 0 Å². The largest absolute Gasteiger partial charge is 0.483 e. The molecule has 0 aliphatic heterocycles. The fourth-order valence-electron chi connectivity index (χ4n) is 1.43. The van der Waals surface area contributed by atoms with Gasteiger partial charge in [-0.25, -0.2) is 5.43 Å². The molecule has 0 atom stereocenters. The molecule has 1 aromatic carbocycles. The Balaban J connectivity index is 1.78. The molecule has 0 radical (unpaired) electrons. The molecular weight excluding hydrogens is 244 g/mol. The molecule has 98 valence electrons. The van der Waals surface area contributed by atoms with Crippen molar-refractivity contribution in [2.45, 2.75) is 6.92 Å². The average molecular weight is 258 g/mol. The topological polar surface area (TPSA) is 63.8 Å². The Hall–Kier alpha value is -2.56. The van der Waals surface area contributed by atoms with E-state index in [2.05, 4.69) is 10.5 Å². The first-order valence-electron chi connectivity index (χ1n) is 5.79. The second-order valence-corrected chi connectivity index (χ2v) is 3.86. The van der Waals surface area contributed by atoms with Crippen molar-refractivity contribution in [3.05, 3.63) is 54.0 Å². The third kappa shape index (κ3) is 3.99. The summed E-state index contributed by atoms with van der Waals surface area (Å²) in [7, 11) is 0. The maximum absolute atomic E-state index is 11.5. The van der Waals surface area contributed by atoms with Gasteiger partial charge in [0.1, 0.15) is 11.5 Å². The number of para-hydroxylation sites is 1. The summed E-state index contributed by atoms with van der Waals surface area (Å²) in [5.41, 5.74) is 3.34. The van der Waals surface area contributed by atoms with Gasteiger partial charge in [-0.3, -0.25) is 4.79 Å². The molecule has 5 nitrogen and oxygen atoms in total. The standard InChI is InChI=1S/C14H14N2O3/c1-11-5-2-3-7-13(11)19-10-14(17)16-15-9-12-6-4-8-18-12/h2-9H,10H2,1H3,(H,16,17)/b15-9+. The number of hydrogen-bond donors (Lipinski definition) is 1. The number of benzene rings is 1. The Bertz CT molecular complexity index is 562. The SMILES string of the molecule is Cc1ccccc1OCC(=O)N/N=C/c1ccco1. The van der Waals surface area contributed by atoms with E-state index >= 15 is 0 Å². The van der Waals surface area contributed by atoms with Crippen molar-refractivity contribution in [1.82, 2.24) is 5.43 Å². The molecule has 0 unspecified atom stereocenters. The van der Waals surface area contributed by atoms with E-state index in [1.807, 2.05) is 31.2 Å². The van der Waals surface area contributed by atoms with Crippen molar-refractivity contribution in [3.63, 3.8) is 0 Å². The van der Waals surface area contributed by atoms with Crippen molar-refractivity contribution in [2.75, 3.05) is 6.61 Å². The molecule has 2 rings (SSSR count). The Morgan fingerprint density at radius 3 is 2.95 bits per heavy atom. The third-order valence-electron chi connectivity index (χ3n) is 2.38. The lowest BCUT2D eigenvalue weighted by atomic mass is 10.2. The van der Waals surface area contributed by atoms with E-state index in [1.165, 1.54) is 12.5 Å². The highest BCUT2D eigenvalue weighted by Crippen LogP contribution is 2.15. The minimum absolute atomic E-state index is 0.0830. The normalized spacial score (nSPS) is 10.6. The molecule has 0 saturated heterocycles. The van der Waals surface area contributed by atoms with Crippen molar-refractivity contribution < 1.29 is 13.9 Å². The fraction of sp³-hybridized carbons (Fsp3) is 0.143. The highest BCUT2D eigenvalue weighted by atomic mass is 16.5. The van der Waals surface area contributed by atoms with E-state index in [0.717, 1.165) is 5.56 Å². The molecule has 0 fully saturated rings. The van der Waals surface area contributed by atoms with Crippen molar-refractivity contribution in [2.24, 2.45) is 5.10 Å². The Labute approximate surface area is 110 Å². The van der Waals surface area contributed by atoms with Gasteiger partial charge in [0.2, 0.25) is 0 Å². The van der Waals surface area contributed by atoms with Crippen LogP contribution in [0, 0.1) is 6.92 Å². The number of aryl methyl sites for hydroxylation is 1. The number of nitrogens with zero attached hydrogens (tertiary/aromatic N) is 1. The summed E-state index contributed by atoms with van der Waals surface area (Å²) in [6.45, 7) is 1.84. The van der Waals surface area contributed by atoms with Gasteiger partial charge in [0.05, 0.1) is 12.5 Å². The molecule has 5 heteroatoms. The van der Waals surface area contributed by atoms with Gasteiger partial charge in [0.25, 0.3) is 5.91 Å². The predicted octanol–water partition coefficient (Wildman–Crippen LogP) is 2.12. The number of carbonyl (C=O) groups excluding carboxylic acids is 1. The molecule has 0 aliphatic rings.